The lowest BCUT2D eigenvalue weighted by Crippen LogP contribution is -2.36. The second-order valence-corrected chi connectivity index (χ2v) is 4.51. The first kappa shape index (κ1) is 15.4. The molecule has 2 unspecified atom stereocenters. The Labute approximate surface area is 113 Å². The Bertz CT molecular complexity index is 349. The maximum absolute atomic E-state index is 10.0. The van der Waals surface area contributed by atoms with E-state index in [0.29, 0.717) is 30.2 Å². The Balaban J connectivity index is 2.44. The van der Waals surface area contributed by atoms with E-state index in [2.05, 4.69) is 5.32 Å². The van der Waals surface area contributed by atoms with E-state index in [9.17, 15) is 5.11 Å². The summed E-state index contributed by atoms with van der Waals surface area (Å²) in [5, 5.41) is 22.8. The highest BCUT2D eigenvalue weighted by Gasteiger charge is 2.13. The van der Waals surface area contributed by atoms with Crippen molar-refractivity contribution in [3.63, 3.8) is 0 Å². The minimum absolute atomic E-state index is 0.0125. The second kappa shape index (κ2) is 8.45. The molecule has 0 aliphatic heterocycles. The molecule has 1 rings (SSSR count). The summed E-state index contributed by atoms with van der Waals surface area (Å²) in [6.07, 6.45) is 0.0118. The molecule has 0 fully saturated rings. The van der Waals surface area contributed by atoms with Crippen molar-refractivity contribution >= 4 is 11.6 Å². The number of aliphatic hydroxyl groups excluding tert-OH is 2. The third-order valence-electron chi connectivity index (χ3n) is 2.75. The van der Waals surface area contributed by atoms with Gasteiger partial charge in [-0.2, -0.15) is 0 Å². The average molecular weight is 274 g/mol. The fourth-order valence-electron chi connectivity index (χ4n) is 1.65. The molecule has 0 bridgehead atoms. The molecule has 2 atom stereocenters. The van der Waals surface area contributed by atoms with Crippen LogP contribution in [0.25, 0.3) is 0 Å². The van der Waals surface area contributed by atoms with Crippen LogP contribution in [0.1, 0.15) is 18.1 Å². The molecule has 0 spiro atoms. The largest absolute Gasteiger partial charge is 0.395 e. The summed E-state index contributed by atoms with van der Waals surface area (Å²) in [6.45, 7) is 0.928. The Morgan fingerprint density at radius 2 is 2.11 bits per heavy atom. The summed E-state index contributed by atoms with van der Waals surface area (Å²) < 4.78 is 4.95. The number of halogens is 1. The van der Waals surface area contributed by atoms with Crippen LogP contribution in [0.5, 0.6) is 0 Å². The topological polar surface area (TPSA) is 61.7 Å². The van der Waals surface area contributed by atoms with E-state index in [1.165, 1.54) is 0 Å². The van der Waals surface area contributed by atoms with Gasteiger partial charge in [-0.25, -0.2) is 0 Å². The first-order valence-electron chi connectivity index (χ1n) is 5.94. The first-order chi connectivity index (χ1) is 8.69. The van der Waals surface area contributed by atoms with E-state index in [1.807, 2.05) is 12.1 Å². The quantitative estimate of drug-likeness (QED) is 0.669. The molecule has 18 heavy (non-hydrogen) atoms. The summed E-state index contributed by atoms with van der Waals surface area (Å²) in [4.78, 5) is 0. The van der Waals surface area contributed by atoms with Crippen LogP contribution in [0.4, 0.5) is 0 Å². The van der Waals surface area contributed by atoms with Crippen LogP contribution in [0.15, 0.2) is 24.3 Å². The van der Waals surface area contributed by atoms with Gasteiger partial charge < -0.3 is 20.3 Å². The van der Waals surface area contributed by atoms with Gasteiger partial charge in [-0.05, 0) is 12.5 Å². The SMILES string of the molecule is COCCC(CO)NCC(O)c1ccccc1Cl. The molecule has 0 radical (unpaired) electrons. The monoisotopic (exact) mass is 273 g/mol. The highest BCUT2D eigenvalue weighted by molar-refractivity contribution is 6.31. The maximum atomic E-state index is 10.0. The molecular formula is C13H20ClNO3. The van der Waals surface area contributed by atoms with Crippen molar-refractivity contribution in [1.29, 1.82) is 0 Å². The lowest BCUT2D eigenvalue weighted by molar-refractivity contribution is 0.137. The Morgan fingerprint density at radius 3 is 2.72 bits per heavy atom. The molecular weight excluding hydrogens is 254 g/mol. The van der Waals surface area contributed by atoms with Gasteiger partial charge in [0.2, 0.25) is 0 Å². The molecule has 102 valence electrons. The van der Waals surface area contributed by atoms with Crippen molar-refractivity contribution in [1.82, 2.24) is 5.32 Å². The summed E-state index contributed by atoms with van der Waals surface area (Å²) in [5.41, 5.74) is 0.690. The summed E-state index contributed by atoms with van der Waals surface area (Å²) in [5.74, 6) is 0. The molecule has 0 saturated carbocycles. The fourth-order valence-corrected chi connectivity index (χ4v) is 1.91. The molecule has 0 amide bonds. The third-order valence-corrected chi connectivity index (χ3v) is 3.10. The van der Waals surface area contributed by atoms with E-state index in [4.69, 9.17) is 21.4 Å². The van der Waals surface area contributed by atoms with Crippen molar-refractivity contribution < 1.29 is 14.9 Å². The number of benzene rings is 1. The lowest BCUT2D eigenvalue weighted by Gasteiger charge is -2.19. The molecule has 0 heterocycles. The van der Waals surface area contributed by atoms with Gasteiger partial charge in [-0.3, -0.25) is 0 Å². The van der Waals surface area contributed by atoms with Crippen molar-refractivity contribution in [3.8, 4) is 0 Å². The number of ether oxygens (including phenoxy) is 1. The molecule has 1 aromatic carbocycles. The van der Waals surface area contributed by atoms with Crippen LogP contribution in [-0.4, -0.2) is 43.1 Å². The molecule has 0 aliphatic rings. The Kier molecular flexibility index (Phi) is 7.23. The molecule has 0 aliphatic carbocycles. The number of rotatable bonds is 8. The predicted octanol–water partition coefficient (Wildman–Crippen LogP) is 1.36. The van der Waals surface area contributed by atoms with Gasteiger partial charge in [0.25, 0.3) is 0 Å². The normalized spacial score (nSPS) is 14.4. The molecule has 5 heteroatoms. The van der Waals surface area contributed by atoms with Gasteiger partial charge >= 0.3 is 0 Å². The molecule has 4 nitrogen and oxygen atoms in total. The summed E-state index contributed by atoms with van der Waals surface area (Å²) >= 11 is 5.99. The predicted molar refractivity (Wildman–Crippen MR) is 71.8 cm³/mol. The van der Waals surface area contributed by atoms with Crippen molar-refractivity contribution in [2.75, 3.05) is 26.9 Å². The number of aliphatic hydroxyl groups is 2. The van der Waals surface area contributed by atoms with Crippen molar-refractivity contribution in [3.05, 3.63) is 34.9 Å². The first-order valence-corrected chi connectivity index (χ1v) is 6.32. The van der Waals surface area contributed by atoms with E-state index >= 15 is 0 Å². The second-order valence-electron chi connectivity index (χ2n) is 4.11. The van der Waals surface area contributed by atoms with Crippen LogP contribution in [0.3, 0.4) is 0 Å². The van der Waals surface area contributed by atoms with E-state index in [0.717, 1.165) is 0 Å². The molecule has 0 saturated heterocycles. The van der Waals surface area contributed by atoms with Gasteiger partial charge in [0.15, 0.2) is 0 Å². The van der Waals surface area contributed by atoms with Gasteiger partial charge in [0, 0.05) is 36.9 Å². The molecule has 0 aromatic heterocycles. The van der Waals surface area contributed by atoms with Crippen LogP contribution < -0.4 is 5.32 Å². The zero-order valence-electron chi connectivity index (χ0n) is 10.5. The van der Waals surface area contributed by atoms with Gasteiger partial charge in [0.05, 0.1) is 12.7 Å². The minimum Gasteiger partial charge on any atom is -0.395 e. The fraction of sp³-hybridized carbons (Fsp3) is 0.538. The number of hydrogen-bond acceptors (Lipinski definition) is 4. The average Bonchev–Trinajstić information content (AvgIpc) is 2.39. The number of hydrogen-bond donors (Lipinski definition) is 3. The zero-order valence-corrected chi connectivity index (χ0v) is 11.2. The van der Waals surface area contributed by atoms with Crippen LogP contribution in [0, 0.1) is 0 Å². The Hall–Kier alpha value is -0.650. The molecule has 3 N–H and O–H groups in total. The van der Waals surface area contributed by atoms with Crippen LogP contribution in [0.2, 0.25) is 5.02 Å². The highest BCUT2D eigenvalue weighted by atomic mass is 35.5. The van der Waals surface area contributed by atoms with Gasteiger partial charge in [-0.1, -0.05) is 29.8 Å². The minimum atomic E-state index is -0.685. The van der Waals surface area contributed by atoms with Gasteiger partial charge in [-0.15, -0.1) is 0 Å². The van der Waals surface area contributed by atoms with Crippen LogP contribution in [-0.2, 0) is 4.74 Å². The molecule has 1 aromatic rings. The van der Waals surface area contributed by atoms with Gasteiger partial charge in [0.1, 0.15) is 0 Å². The maximum Gasteiger partial charge on any atom is 0.0928 e. The van der Waals surface area contributed by atoms with Crippen LogP contribution >= 0.6 is 11.6 Å². The standard InChI is InChI=1S/C13H20ClNO3/c1-18-7-6-10(9-16)15-8-13(17)11-4-2-3-5-12(11)14/h2-5,10,13,15-17H,6-9H2,1H3. The summed E-state index contributed by atoms with van der Waals surface area (Å²) in [6, 6.07) is 7.11. The smallest absolute Gasteiger partial charge is 0.0928 e. The number of methoxy groups -OCH3 is 1. The van der Waals surface area contributed by atoms with E-state index in [-0.39, 0.29) is 12.6 Å². The zero-order chi connectivity index (χ0) is 13.4. The lowest BCUT2D eigenvalue weighted by atomic mass is 10.1. The van der Waals surface area contributed by atoms with Crippen molar-refractivity contribution in [2.45, 2.75) is 18.6 Å². The van der Waals surface area contributed by atoms with Crippen molar-refractivity contribution in [2.24, 2.45) is 0 Å². The summed E-state index contributed by atoms with van der Waals surface area (Å²) in [7, 11) is 1.62. The van der Waals surface area contributed by atoms with E-state index in [1.54, 1.807) is 19.2 Å². The number of nitrogens with one attached hydrogen (secondary N) is 1. The Morgan fingerprint density at radius 1 is 1.39 bits per heavy atom. The van der Waals surface area contributed by atoms with E-state index < -0.39 is 6.10 Å². The third kappa shape index (κ3) is 4.92. The highest BCUT2D eigenvalue weighted by Crippen LogP contribution is 2.21.